The normalized spacial score (nSPS) is 12.5. The lowest BCUT2D eigenvalue weighted by atomic mass is 10.0. The number of carbonyl (C=O) groups excluding carboxylic acids is 1. The van der Waals surface area contributed by atoms with Crippen LogP contribution in [0.15, 0.2) is 88.5 Å². The van der Waals surface area contributed by atoms with Crippen molar-refractivity contribution in [3.8, 4) is 0 Å². The predicted octanol–water partition coefficient (Wildman–Crippen LogP) is 5.20. The average molecular weight is 538 g/mol. The van der Waals surface area contributed by atoms with Gasteiger partial charge in [-0.3, -0.25) is 4.79 Å². The zero-order chi connectivity index (χ0) is 28.2. The maximum atomic E-state index is 13.0. The Balaban J connectivity index is 1.64. The average Bonchev–Trinajstić information content (AvgIpc) is 3.49. The van der Waals surface area contributed by atoms with Gasteiger partial charge in [0.05, 0.1) is 29.8 Å². The number of para-hydroxylation sites is 2. The minimum absolute atomic E-state index is 0.225. The summed E-state index contributed by atoms with van der Waals surface area (Å²) in [6.07, 6.45) is 0.639. The first kappa shape index (κ1) is 26.7. The van der Waals surface area contributed by atoms with Crippen molar-refractivity contribution in [3.05, 3.63) is 118 Å². The van der Waals surface area contributed by atoms with E-state index in [1.165, 1.54) is 6.20 Å². The van der Waals surface area contributed by atoms with Gasteiger partial charge in [0.1, 0.15) is 11.3 Å². The van der Waals surface area contributed by atoms with Crippen LogP contribution in [0.4, 0.5) is 4.79 Å². The lowest BCUT2D eigenvalue weighted by Crippen LogP contribution is -2.38. The summed E-state index contributed by atoms with van der Waals surface area (Å²) in [5.41, 5.74) is 6.67. The molecule has 0 aliphatic carbocycles. The number of carbonyl (C=O) groups is 2. The second-order valence-corrected chi connectivity index (χ2v) is 9.97. The van der Waals surface area contributed by atoms with Gasteiger partial charge in [0, 0.05) is 6.54 Å². The van der Waals surface area contributed by atoms with E-state index >= 15 is 0 Å². The topological polar surface area (TPSA) is 115 Å². The van der Waals surface area contributed by atoms with Crippen molar-refractivity contribution in [2.45, 2.75) is 39.8 Å². The van der Waals surface area contributed by atoms with Crippen molar-refractivity contribution in [2.75, 3.05) is 6.54 Å². The highest BCUT2D eigenvalue weighted by Crippen LogP contribution is 2.22. The van der Waals surface area contributed by atoms with Gasteiger partial charge >= 0.3 is 6.09 Å². The number of hydrogen-bond donors (Lipinski definition) is 2. The molecular formula is C31H31N5O4. The van der Waals surface area contributed by atoms with E-state index in [9.17, 15) is 14.7 Å². The van der Waals surface area contributed by atoms with Crippen LogP contribution in [0.3, 0.4) is 0 Å². The van der Waals surface area contributed by atoms with Gasteiger partial charge in [0.2, 0.25) is 5.62 Å². The van der Waals surface area contributed by atoms with Crippen LogP contribution in [0, 0.1) is 20.8 Å². The van der Waals surface area contributed by atoms with Crippen molar-refractivity contribution in [2.24, 2.45) is 4.99 Å². The van der Waals surface area contributed by atoms with Crippen molar-refractivity contribution in [1.29, 1.82) is 0 Å². The first-order valence-electron chi connectivity index (χ1n) is 13.1. The summed E-state index contributed by atoms with van der Waals surface area (Å²) in [5.74, 6) is 0.116. The number of rotatable bonds is 8. The molecule has 2 amide bonds. The fourth-order valence-electron chi connectivity index (χ4n) is 4.91. The summed E-state index contributed by atoms with van der Waals surface area (Å²) in [7, 11) is 0. The number of fused-ring (bicyclic) bond motifs is 1. The molecule has 0 fully saturated rings. The quantitative estimate of drug-likeness (QED) is 0.282. The largest absolute Gasteiger partial charge is 0.463 e. The molecular weight excluding hydrogens is 506 g/mol. The Bertz CT molecular complexity index is 1730. The third kappa shape index (κ3) is 5.73. The van der Waals surface area contributed by atoms with Crippen molar-refractivity contribution < 1.29 is 19.2 Å². The highest BCUT2D eigenvalue weighted by molar-refractivity contribution is 5.94. The molecule has 1 atom stereocenters. The molecule has 0 bridgehead atoms. The highest BCUT2D eigenvalue weighted by Gasteiger charge is 2.23. The minimum atomic E-state index is -1.29. The number of carboxylic acid groups (broad SMARTS) is 1. The third-order valence-electron chi connectivity index (χ3n) is 7.00. The smallest absolute Gasteiger partial charge is 0.434 e. The van der Waals surface area contributed by atoms with E-state index in [0.29, 0.717) is 29.9 Å². The Morgan fingerprint density at radius 1 is 0.925 bits per heavy atom. The molecule has 204 valence electrons. The molecule has 5 aromatic rings. The van der Waals surface area contributed by atoms with Gasteiger partial charge in [-0.25, -0.2) is 4.79 Å². The first-order valence-corrected chi connectivity index (χ1v) is 13.1. The SMILES string of the molecule is Cc1ccc(C[C@@H](CNC(=O)c2cnoc2C)n2c(=NC(=O)O)n(Cc3ccc(C)cc3)c3ccccc32)cc1. The highest BCUT2D eigenvalue weighted by atomic mass is 16.5. The van der Waals surface area contributed by atoms with E-state index < -0.39 is 6.09 Å². The van der Waals surface area contributed by atoms with Crippen LogP contribution in [0.5, 0.6) is 0 Å². The Morgan fingerprint density at radius 2 is 1.55 bits per heavy atom. The maximum Gasteiger partial charge on any atom is 0.434 e. The summed E-state index contributed by atoms with van der Waals surface area (Å²) in [6.45, 7) is 6.40. The molecule has 0 aliphatic rings. The van der Waals surface area contributed by atoms with E-state index in [2.05, 4.69) is 15.5 Å². The molecule has 0 unspecified atom stereocenters. The van der Waals surface area contributed by atoms with Crippen LogP contribution in [0.1, 0.15) is 44.4 Å². The van der Waals surface area contributed by atoms with E-state index in [0.717, 1.165) is 33.3 Å². The van der Waals surface area contributed by atoms with E-state index in [1.54, 1.807) is 6.92 Å². The molecule has 0 saturated heterocycles. The fraction of sp³-hybridized carbons (Fsp3) is 0.226. The number of nitrogens with one attached hydrogen (secondary N) is 1. The number of aryl methyl sites for hydroxylation is 3. The molecule has 2 N–H and O–H groups in total. The molecule has 2 heterocycles. The number of nitrogens with zero attached hydrogens (tertiary/aromatic N) is 4. The number of amides is 2. The zero-order valence-electron chi connectivity index (χ0n) is 22.7. The molecule has 3 aromatic carbocycles. The molecule has 9 heteroatoms. The first-order chi connectivity index (χ1) is 19.3. The lowest BCUT2D eigenvalue weighted by Gasteiger charge is -2.21. The third-order valence-corrected chi connectivity index (χ3v) is 7.00. The van der Waals surface area contributed by atoms with Crippen molar-refractivity contribution >= 4 is 23.0 Å². The number of aromatic nitrogens is 3. The number of hydrogen-bond acceptors (Lipinski definition) is 4. The summed E-state index contributed by atoms with van der Waals surface area (Å²) >= 11 is 0. The second kappa shape index (κ2) is 11.4. The van der Waals surface area contributed by atoms with Crippen LogP contribution < -0.4 is 10.9 Å². The molecule has 40 heavy (non-hydrogen) atoms. The Hall–Kier alpha value is -4.92. The molecule has 0 radical (unpaired) electrons. The Kier molecular flexibility index (Phi) is 7.63. The summed E-state index contributed by atoms with van der Waals surface area (Å²) in [5, 5.41) is 16.6. The van der Waals surface area contributed by atoms with Gasteiger partial charge in [-0.2, -0.15) is 0 Å². The van der Waals surface area contributed by atoms with E-state index in [-0.39, 0.29) is 18.5 Å². The zero-order valence-corrected chi connectivity index (χ0v) is 22.7. The van der Waals surface area contributed by atoms with Crippen LogP contribution in [-0.2, 0) is 13.0 Å². The molecule has 0 saturated carbocycles. The fourth-order valence-corrected chi connectivity index (χ4v) is 4.91. The van der Waals surface area contributed by atoms with Gasteiger partial charge < -0.3 is 24.1 Å². The summed E-state index contributed by atoms with van der Waals surface area (Å²) < 4.78 is 8.92. The lowest BCUT2D eigenvalue weighted by molar-refractivity contribution is 0.0945. The Labute approximate surface area is 231 Å². The monoisotopic (exact) mass is 537 g/mol. The van der Waals surface area contributed by atoms with Crippen LogP contribution in [0.25, 0.3) is 11.0 Å². The van der Waals surface area contributed by atoms with Crippen LogP contribution in [0.2, 0.25) is 0 Å². The van der Waals surface area contributed by atoms with Gasteiger partial charge in [-0.05, 0) is 50.5 Å². The Morgan fingerprint density at radius 3 is 2.15 bits per heavy atom. The standard InChI is InChI=1S/C31H31N5O4/c1-20-8-12-23(13-9-20)16-25(17-32-29(37)26-18-33-40-22(26)3)36-28-7-5-4-6-27(28)35(30(36)34-31(38)39)19-24-14-10-21(2)11-15-24/h4-15,18,25H,16-17,19H2,1-3H3,(H,32,37)(H,38,39)/t25-/m0/s1. The predicted molar refractivity (Wildman–Crippen MR) is 151 cm³/mol. The van der Waals surface area contributed by atoms with Gasteiger partial charge in [-0.1, -0.05) is 76.9 Å². The molecule has 2 aromatic heterocycles. The van der Waals surface area contributed by atoms with Crippen molar-refractivity contribution in [3.63, 3.8) is 0 Å². The van der Waals surface area contributed by atoms with E-state index in [4.69, 9.17) is 4.52 Å². The van der Waals surface area contributed by atoms with Crippen LogP contribution >= 0.6 is 0 Å². The summed E-state index contributed by atoms with van der Waals surface area (Å²) in [4.78, 5) is 29.1. The van der Waals surface area contributed by atoms with Gasteiger partial charge in [-0.15, -0.1) is 4.99 Å². The summed E-state index contributed by atoms with van der Waals surface area (Å²) in [6, 6.07) is 23.7. The van der Waals surface area contributed by atoms with Gasteiger partial charge in [0.25, 0.3) is 5.91 Å². The number of imidazole rings is 1. The van der Waals surface area contributed by atoms with Crippen molar-refractivity contribution in [1.82, 2.24) is 19.6 Å². The molecule has 5 rings (SSSR count). The molecule has 0 spiro atoms. The maximum absolute atomic E-state index is 13.0. The second-order valence-electron chi connectivity index (χ2n) is 9.97. The van der Waals surface area contributed by atoms with E-state index in [1.807, 2.05) is 95.8 Å². The molecule has 9 nitrogen and oxygen atoms in total. The minimum Gasteiger partial charge on any atom is -0.463 e. The number of benzene rings is 3. The van der Waals surface area contributed by atoms with Gasteiger partial charge in [0.15, 0.2) is 0 Å². The molecule has 0 aliphatic heterocycles. The van der Waals surface area contributed by atoms with Crippen LogP contribution in [-0.4, -0.2) is 37.9 Å².